The molecule has 0 N–H and O–H groups in total. The molecular formula is C20H14F5N3O3. The summed E-state index contributed by atoms with van der Waals surface area (Å²) in [7, 11) is 0. The van der Waals surface area contributed by atoms with E-state index in [-0.39, 0.29) is 22.6 Å². The third kappa shape index (κ3) is 4.76. The van der Waals surface area contributed by atoms with Crippen LogP contribution in [0.4, 0.5) is 22.0 Å². The zero-order valence-corrected chi connectivity index (χ0v) is 16.1. The van der Waals surface area contributed by atoms with E-state index in [1.54, 1.807) is 0 Å². The fraction of sp³-hybridized carbons (Fsp3) is 0.200. The van der Waals surface area contributed by atoms with Crippen molar-refractivity contribution in [1.29, 1.82) is 0 Å². The van der Waals surface area contributed by atoms with Gasteiger partial charge in [0.25, 0.3) is 5.56 Å². The molecule has 3 aromatic rings. The summed E-state index contributed by atoms with van der Waals surface area (Å²) in [6.07, 6.45) is -3.06. The lowest BCUT2D eigenvalue weighted by molar-refractivity contribution is -0.143. The summed E-state index contributed by atoms with van der Waals surface area (Å²) in [5.74, 6) is -2.95. The number of aryl methyl sites for hydroxylation is 1. The average molecular weight is 439 g/mol. The summed E-state index contributed by atoms with van der Waals surface area (Å²) in [6.45, 7) is 2.00. The van der Waals surface area contributed by atoms with Gasteiger partial charge in [-0.05, 0) is 18.6 Å². The highest BCUT2D eigenvalue weighted by molar-refractivity contribution is 5.92. The Morgan fingerprint density at radius 2 is 1.81 bits per heavy atom. The molecule has 0 aliphatic carbocycles. The van der Waals surface area contributed by atoms with Crippen molar-refractivity contribution < 1.29 is 31.5 Å². The van der Waals surface area contributed by atoms with E-state index in [9.17, 15) is 31.5 Å². The number of Topliss-reactive ketones (excluding diaryl/α,β-unsaturated/α-hetero) is 1. The van der Waals surface area contributed by atoms with Crippen LogP contribution in [0, 0.1) is 18.6 Å². The third-order valence-corrected chi connectivity index (χ3v) is 4.23. The van der Waals surface area contributed by atoms with Crippen molar-refractivity contribution in [2.45, 2.75) is 26.6 Å². The van der Waals surface area contributed by atoms with E-state index >= 15 is 0 Å². The Morgan fingerprint density at radius 1 is 1.10 bits per heavy atom. The lowest BCUT2D eigenvalue weighted by Gasteiger charge is -2.18. The van der Waals surface area contributed by atoms with Crippen molar-refractivity contribution in [3.05, 3.63) is 81.3 Å². The Hall–Kier alpha value is -3.63. The maximum atomic E-state index is 13.7. The topological polar surface area (TPSA) is 74.1 Å². The lowest BCUT2D eigenvalue weighted by Crippen LogP contribution is -2.27. The fourth-order valence-electron chi connectivity index (χ4n) is 2.73. The maximum absolute atomic E-state index is 13.7. The van der Waals surface area contributed by atoms with Gasteiger partial charge in [-0.2, -0.15) is 13.2 Å². The third-order valence-electron chi connectivity index (χ3n) is 4.23. The normalized spacial score (nSPS) is 11.5. The summed E-state index contributed by atoms with van der Waals surface area (Å²) in [6, 6.07) is 2.98. The number of hydrogen-bond donors (Lipinski definition) is 0. The summed E-state index contributed by atoms with van der Waals surface area (Å²) < 4.78 is 73.3. The number of carbonyl (C=O) groups excluding carboxylic acids is 1. The number of ketones is 1. The highest BCUT2D eigenvalue weighted by atomic mass is 19.4. The molecule has 0 unspecified atom stereocenters. The maximum Gasteiger partial charge on any atom is 0.432 e. The molecular weight excluding hydrogens is 425 g/mol. The van der Waals surface area contributed by atoms with E-state index < -0.39 is 47.2 Å². The van der Waals surface area contributed by atoms with Crippen LogP contribution in [-0.4, -0.2) is 20.3 Å². The molecule has 3 heterocycles. The highest BCUT2D eigenvalue weighted by Gasteiger charge is 2.36. The first-order valence-corrected chi connectivity index (χ1v) is 8.72. The Morgan fingerprint density at radius 3 is 2.42 bits per heavy atom. The van der Waals surface area contributed by atoms with Gasteiger partial charge in [-0.1, -0.05) is 0 Å². The number of rotatable bonds is 5. The van der Waals surface area contributed by atoms with Gasteiger partial charge < -0.3 is 4.74 Å². The smallest absolute Gasteiger partial charge is 0.432 e. The van der Waals surface area contributed by atoms with E-state index in [0.717, 1.165) is 18.3 Å². The largest absolute Gasteiger partial charge is 0.487 e. The number of alkyl halides is 3. The van der Waals surface area contributed by atoms with Gasteiger partial charge >= 0.3 is 6.18 Å². The van der Waals surface area contributed by atoms with Crippen LogP contribution in [0.15, 0.2) is 41.5 Å². The quantitative estimate of drug-likeness (QED) is 0.444. The van der Waals surface area contributed by atoms with E-state index in [1.165, 1.54) is 20.0 Å². The number of ether oxygens (including phenoxy) is 1. The van der Waals surface area contributed by atoms with E-state index in [0.29, 0.717) is 16.7 Å². The standard InChI is InChI=1S/C20H14F5N3O3/c1-10-7-26-15(11(2)29)6-17(10)28-18(20(23,24)25)4-13(5-19(28)30)31-9-16-14(22)3-12(21)8-27-16/h3-8H,9H2,1-2H3. The minimum atomic E-state index is -4.97. The van der Waals surface area contributed by atoms with Crippen molar-refractivity contribution in [2.24, 2.45) is 0 Å². The van der Waals surface area contributed by atoms with E-state index in [4.69, 9.17) is 4.74 Å². The molecule has 3 rings (SSSR count). The molecule has 0 atom stereocenters. The molecule has 0 fully saturated rings. The summed E-state index contributed by atoms with van der Waals surface area (Å²) in [5.41, 5.74) is -2.87. The molecule has 11 heteroatoms. The van der Waals surface area contributed by atoms with Gasteiger partial charge in [0, 0.05) is 31.3 Å². The molecule has 3 aromatic heterocycles. The van der Waals surface area contributed by atoms with Crippen LogP contribution >= 0.6 is 0 Å². The molecule has 162 valence electrons. The van der Waals surface area contributed by atoms with Crippen LogP contribution in [0.25, 0.3) is 5.69 Å². The second-order valence-corrected chi connectivity index (χ2v) is 6.53. The number of carbonyl (C=O) groups is 1. The highest BCUT2D eigenvalue weighted by Crippen LogP contribution is 2.33. The number of nitrogens with zero attached hydrogens (tertiary/aromatic N) is 3. The van der Waals surface area contributed by atoms with Gasteiger partial charge in [0.05, 0.1) is 11.9 Å². The average Bonchev–Trinajstić information content (AvgIpc) is 2.66. The first-order valence-electron chi connectivity index (χ1n) is 8.72. The van der Waals surface area contributed by atoms with Crippen molar-refractivity contribution >= 4 is 5.78 Å². The summed E-state index contributed by atoms with van der Waals surface area (Å²) in [5, 5.41) is 0. The molecule has 0 spiro atoms. The van der Waals surface area contributed by atoms with Crippen molar-refractivity contribution in [2.75, 3.05) is 0 Å². The molecule has 31 heavy (non-hydrogen) atoms. The van der Waals surface area contributed by atoms with Gasteiger partial charge in [-0.3, -0.25) is 24.1 Å². The minimum absolute atomic E-state index is 0.112. The zero-order chi connectivity index (χ0) is 22.9. The molecule has 0 aliphatic rings. The van der Waals surface area contributed by atoms with Gasteiger partial charge in [0.15, 0.2) is 11.6 Å². The summed E-state index contributed by atoms with van der Waals surface area (Å²) >= 11 is 0. The Kier molecular flexibility index (Phi) is 5.87. The Balaban J connectivity index is 2.08. The molecule has 0 aromatic carbocycles. The number of aromatic nitrogens is 3. The van der Waals surface area contributed by atoms with Crippen LogP contribution in [0.3, 0.4) is 0 Å². The minimum Gasteiger partial charge on any atom is -0.487 e. The first-order chi connectivity index (χ1) is 14.5. The van der Waals surface area contributed by atoms with Crippen LogP contribution < -0.4 is 10.3 Å². The molecule has 0 radical (unpaired) electrons. The van der Waals surface area contributed by atoms with Crippen LogP contribution in [0.5, 0.6) is 5.75 Å². The Bertz CT molecular complexity index is 1220. The van der Waals surface area contributed by atoms with Crippen LogP contribution in [0.2, 0.25) is 0 Å². The van der Waals surface area contributed by atoms with Gasteiger partial charge in [-0.15, -0.1) is 0 Å². The van der Waals surface area contributed by atoms with Crippen molar-refractivity contribution in [3.8, 4) is 11.4 Å². The molecule has 0 saturated heterocycles. The Labute approximate surface area is 172 Å². The molecule has 6 nitrogen and oxygen atoms in total. The molecule has 0 aliphatic heterocycles. The second kappa shape index (κ2) is 8.25. The van der Waals surface area contributed by atoms with E-state index in [1.807, 2.05) is 0 Å². The molecule has 0 amide bonds. The zero-order valence-electron chi connectivity index (χ0n) is 16.1. The second-order valence-electron chi connectivity index (χ2n) is 6.53. The predicted octanol–water partition coefficient (Wildman–Crippen LogP) is 4.01. The lowest BCUT2D eigenvalue weighted by atomic mass is 10.1. The van der Waals surface area contributed by atoms with Crippen molar-refractivity contribution in [3.63, 3.8) is 0 Å². The first kappa shape index (κ1) is 22.1. The number of pyridine rings is 3. The van der Waals surface area contributed by atoms with Gasteiger partial charge in [0.2, 0.25) is 0 Å². The predicted molar refractivity (Wildman–Crippen MR) is 98.1 cm³/mol. The van der Waals surface area contributed by atoms with E-state index in [2.05, 4.69) is 9.97 Å². The van der Waals surface area contributed by atoms with Gasteiger partial charge in [0.1, 0.15) is 35.3 Å². The van der Waals surface area contributed by atoms with Crippen LogP contribution in [0.1, 0.15) is 34.4 Å². The fourth-order valence-corrected chi connectivity index (χ4v) is 2.73. The summed E-state index contributed by atoms with van der Waals surface area (Å²) in [4.78, 5) is 31.5. The van der Waals surface area contributed by atoms with Crippen molar-refractivity contribution in [1.82, 2.24) is 14.5 Å². The molecule has 0 bridgehead atoms. The van der Waals surface area contributed by atoms with Gasteiger partial charge in [-0.25, -0.2) is 8.78 Å². The number of halogens is 5. The monoisotopic (exact) mass is 439 g/mol. The van der Waals surface area contributed by atoms with Crippen LogP contribution in [-0.2, 0) is 12.8 Å². The molecule has 0 saturated carbocycles. The SMILES string of the molecule is CC(=O)c1cc(-n2c(C(F)(F)F)cc(OCc3ncc(F)cc3F)cc2=O)c(C)cn1. The number of hydrogen-bond acceptors (Lipinski definition) is 5.